The van der Waals surface area contributed by atoms with Crippen LogP contribution in [0.2, 0.25) is 0 Å². The Morgan fingerprint density at radius 1 is 1.27 bits per heavy atom. The highest BCUT2D eigenvalue weighted by Gasteiger charge is 2.31. The van der Waals surface area contributed by atoms with E-state index >= 15 is 0 Å². The number of hydrogen-bond acceptors (Lipinski definition) is 5. The van der Waals surface area contributed by atoms with E-state index < -0.39 is 21.4 Å². The van der Waals surface area contributed by atoms with Crippen molar-refractivity contribution in [3.8, 4) is 11.1 Å². The number of methoxy groups -OCH3 is 1. The normalized spacial score (nSPS) is 12.0. The van der Waals surface area contributed by atoms with Crippen LogP contribution in [-0.4, -0.2) is 33.0 Å². The SMILES string of the molecule is COC(=O)C(C)(C)CNS(=O)(=O)c1ccc(C)cc1-c1cccnc1Br. The third-order valence-corrected chi connectivity index (χ3v) is 6.01. The zero-order chi connectivity index (χ0) is 19.5. The van der Waals surface area contributed by atoms with Gasteiger partial charge in [0.2, 0.25) is 10.0 Å². The average molecular weight is 441 g/mol. The van der Waals surface area contributed by atoms with Crippen LogP contribution in [-0.2, 0) is 19.6 Å². The lowest BCUT2D eigenvalue weighted by molar-refractivity contribution is -0.150. The number of esters is 1. The molecule has 0 atom stereocenters. The Kier molecular flexibility index (Phi) is 6.21. The first-order valence-corrected chi connectivity index (χ1v) is 10.2. The van der Waals surface area contributed by atoms with E-state index in [9.17, 15) is 13.2 Å². The van der Waals surface area contributed by atoms with Crippen LogP contribution in [0.3, 0.4) is 0 Å². The molecule has 8 heteroatoms. The number of rotatable bonds is 6. The second kappa shape index (κ2) is 7.85. The molecule has 1 aromatic heterocycles. The molecule has 0 amide bonds. The van der Waals surface area contributed by atoms with Crippen molar-refractivity contribution in [3.05, 3.63) is 46.7 Å². The number of nitrogens with zero attached hydrogens (tertiary/aromatic N) is 1. The van der Waals surface area contributed by atoms with Crippen LogP contribution in [0.15, 0.2) is 46.0 Å². The van der Waals surface area contributed by atoms with Gasteiger partial charge in [-0.3, -0.25) is 4.79 Å². The Hall–Kier alpha value is -1.77. The molecule has 1 aromatic carbocycles. The standard InChI is InChI=1S/C18H21BrN2O4S/c1-12-7-8-15(14(10-12)13-6-5-9-20-16(13)19)26(23,24)21-11-18(2,3)17(22)25-4/h5-10,21H,11H2,1-4H3. The molecular weight excluding hydrogens is 420 g/mol. The zero-order valence-corrected chi connectivity index (χ0v) is 17.4. The molecule has 0 spiro atoms. The van der Waals surface area contributed by atoms with Crippen molar-refractivity contribution in [1.29, 1.82) is 0 Å². The van der Waals surface area contributed by atoms with Crippen LogP contribution in [0.5, 0.6) is 0 Å². The van der Waals surface area contributed by atoms with Crippen LogP contribution in [0.25, 0.3) is 11.1 Å². The van der Waals surface area contributed by atoms with E-state index in [0.717, 1.165) is 5.56 Å². The van der Waals surface area contributed by atoms with E-state index in [1.165, 1.54) is 7.11 Å². The second-order valence-corrected chi connectivity index (χ2v) is 9.03. The van der Waals surface area contributed by atoms with Gasteiger partial charge in [0.25, 0.3) is 0 Å². The molecule has 0 saturated carbocycles. The first kappa shape index (κ1) is 20.5. The molecule has 0 radical (unpaired) electrons. The van der Waals surface area contributed by atoms with Gasteiger partial charge < -0.3 is 4.74 Å². The highest BCUT2D eigenvalue weighted by atomic mass is 79.9. The van der Waals surface area contributed by atoms with Gasteiger partial charge in [0.05, 0.1) is 17.4 Å². The molecule has 0 aliphatic carbocycles. The molecule has 140 valence electrons. The third-order valence-electron chi connectivity index (χ3n) is 3.92. The predicted octanol–water partition coefficient (Wildman–Crippen LogP) is 3.30. The Labute approximate surface area is 162 Å². The van der Waals surface area contributed by atoms with Crippen molar-refractivity contribution < 1.29 is 17.9 Å². The quantitative estimate of drug-likeness (QED) is 0.549. The van der Waals surface area contributed by atoms with Crippen molar-refractivity contribution >= 4 is 31.9 Å². The Balaban J connectivity index is 2.45. The zero-order valence-electron chi connectivity index (χ0n) is 15.0. The summed E-state index contributed by atoms with van der Waals surface area (Å²) in [6.07, 6.45) is 1.62. The summed E-state index contributed by atoms with van der Waals surface area (Å²) in [6, 6.07) is 8.61. The number of aromatic nitrogens is 1. The minimum Gasteiger partial charge on any atom is -0.469 e. The number of ether oxygens (including phenoxy) is 1. The highest BCUT2D eigenvalue weighted by Crippen LogP contribution is 2.32. The molecule has 1 N–H and O–H groups in total. The lowest BCUT2D eigenvalue weighted by Gasteiger charge is -2.22. The number of hydrogen-bond donors (Lipinski definition) is 1. The average Bonchev–Trinajstić information content (AvgIpc) is 2.59. The summed E-state index contributed by atoms with van der Waals surface area (Å²) in [6.45, 7) is 5.05. The first-order chi connectivity index (χ1) is 12.1. The summed E-state index contributed by atoms with van der Waals surface area (Å²) in [4.78, 5) is 16.1. The van der Waals surface area contributed by atoms with Gasteiger partial charge in [0.15, 0.2) is 0 Å². The number of nitrogens with one attached hydrogen (secondary N) is 1. The third kappa shape index (κ3) is 4.49. The van der Waals surface area contributed by atoms with Crippen molar-refractivity contribution in [2.24, 2.45) is 5.41 Å². The fraction of sp³-hybridized carbons (Fsp3) is 0.333. The van der Waals surface area contributed by atoms with E-state index in [1.807, 2.05) is 6.92 Å². The highest BCUT2D eigenvalue weighted by molar-refractivity contribution is 9.10. The molecule has 6 nitrogen and oxygen atoms in total. The number of carbonyl (C=O) groups is 1. The number of benzene rings is 1. The smallest absolute Gasteiger partial charge is 0.312 e. The fourth-order valence-electron chi connectivity index (χ4n) is 2.38. The van der Waals surface area contributed by atoms with Crippen molar-refractivity contribution in [3.63, 3.8) is 0 Å². The maximum atomic E-state index is 12.9. The van der Waals surface area contributed by atoms with Crippen LogP contribution < -0.4 is 4.72 Å². The molecule has 0 fully saturated rings. The fourth-order valence-corrected chi connectivity index (χ4v) is 4.25. The Morgan fingerprint density at radius 2 is 1.96 bits per heavy atom. The summed E-state index contributed by atoms with van der Waals surface area (Å²) in [5, 5.41) is 0. The van der Waals surface area contributed by atoms with Crippen LogP contribution in [0.1, 0.15) is 19.4 Å². The minimum atomic E-state index is -3.85. The van der Waals surface area contributed by atoms with Gasteiger partial charge in [0.1, 0.15) is 4.60 Å². The van der Waals surface area contributed by atoms with E-state index in [0.29, 0.717) is 15.7 Å². The molecule has 0 saturated heterocycles. The number of aryl methyl sites for hydroxylation is 1. The van der Waals surface area contributed by atoms with Crippen LogP contribution in [0.4, 0.5) is 0 Å². The Bertz CT molecular complexity index is 927. The Morgan fingerprint density at radius 3 is 2.58 bits per heavy atom. The maximum Gasteiger partial charge on any atom is 0.312 e. The summed E-state index contributed by atoms with van der Waals surface area (Å²) < 4.78 is 33.6. The van der Waals surface area contributed by atoms with E-state index in [2.05, 4.69) is 25.6 Å². The topological polar surface area (TPSA) is 85.4 Å². The number of carbonyl (C=O) groups excluding carboxylic acids is 1. The van der Waals surface area contributed by atoms with Crippen LogP contribution >= 0.6 is 15.9 Å². The largest absolute Gasteiger partial charge is 0.469 e. The first-order valence-electron chi connectivity index (χ1n) is 7.88. The number of sulfonamides is 1. The summed E-state index contributed by atoms with van der Waals surface area (Å²) >= 11 is 3.37. The van der Waals surface area contributed by atoms with Gasteiger partial charge >= 0.3 is 5.97 Å². The lowest BCUT2D eigenvalue weighted by Crippen LogP contribution is -2.39. The molecule has 0 aliphatic heterocycles. The minimum absolute atomic E-state index is 0.0798. The molecule has 2 rings (SSSR count). The van der Waals surface area contributed by atoms with E-state index in [1.54, 1.807) is 50.4 Å². The maximum absolute atomic E-state index is 12.9. The van der Waals surface area contributed by atoms with Gasteiger partial charge in [-0.2, -0.15) is 0 Å². The predicted molar refractivity (Wildman–Crippen MR) is 103 cm³/mol. The monoisotopic (exact) mass is 440 g/mol. The number of halogens is 1. The molecule has 1 heterocycles. The lowest BCUT2D eigenvalue weighted by atomic mass is 9.94. The van der Waals surface area contributed by atoms with Gasteiger partial charge in [-0.05, 0) is 54.9 Å². The van der Waals surface area contributed by atoms with Crippen molar-refractivity contribution in [1.82, 2.24) is 9.71 Å². The number of pyridine rings is 1. The van der Waals surface area contributed by atoms with Gasteiger partial charge in [-0.1, -0.05) is 17.7 Å². The summed E-state index contributed by atoms with van der Waals surface area (Å²) in [5.74, 6) is -0.487. The molecular formula is C18H21BrN2O4S. The van der Waals surface area contributed by atoms with E-state index in [-0.39, 0.29) is 11.4 Å². The molecule has 26 heavy (non-hydrogen) atoms. The van der Waals surface area contributed by atoms with Crippen molar-refractivity contribution in [2.45, 2.75) is 25.7 Å². The van der Waals surface area contributed by atoms with Crippen LogP contribution in [0, 0.1) is 12.3 Å². The summed E-state index contributed by atoms with van der Waals surface area (Å²) in [5.41, 5.74) is 1.14. The molecule has 2 aromatic rings. The summed E-state index contributed by atoms with van der Waals surface area (Å²) in [7, 11) is -2.58. The van der Waals surface area contributed by atoms with Gasteiger partial charge in [-0.25, -0.2) is 18.1 Å². The molecule has 0 aliphatic rings. The van der Waals surface area contributed by atoms with Crippen molar-refractivity contribution in [2.75, 3.05) is 13.7 Å². The molecule has 0 bridgehead atoms. The van der Waals surface area contributed by atoms with Gasteiger partial charge in [0, 0.05) is 23.9 Å². The van der Waals surface area contributed by atoms with E-state index in [4.69, 9.17) is 4.74 Å². The molecule has 0 unspecified atom stereocenters. The second-order valence-electron chi connectivity index (χ2n) is 6.54. The van der Waals surface area contributed by atoms with Gasteiger partial charge in [-0.15, -0.1) is 0 Å².